The van der Waals surface area contributed by atoms with E-state index in [1.54, 1.807) is 0 Å². The Morgan fingerprint density at radius 1 is 1.25 bits per heavy atom. The molecule has 1 atom stereocenters. The Bertz CT molecular complexity index is 581. The highest BCUT2D eigenvalue weighted by molar-refractivity contribution is 9.10. The van der Waals surface area contributed by atoms with Gasteiger partial charge >= 0.3 is 0 Å². The molecule has 0 bridgehead atoms. The number of halogens is 1. The minimum absolute atomic E-state index is 0.610. The molecule has 3 rings (SSSR count). The molecule has 0 amide bonds. The first kappa shape index (κ1) is 10.1. The molecule has 16 heavy (non-hydrogen) atoms. The average molecular weight is 273 g/mol. The molecule has 0 saturated heterocycles. The number of hydrogen-bond donors (Lipinski definition) is 0. The summed E-state index contributed by atoms with van der Waals surface area (Å²) in [5.41, 5.74) is 2.82. The van der Waals surface area contributed by atoms with Gasteiger partial charge in [0.1, 0.15) is 0 Å². The van der Waals surface area contributed by atoms with Crippen molar-refractivity contribution >= 4 is 32.8 Å². The van der Waals surface area contributed by atoms with E-state index in [-0.39, 0.29) is 0 Å². The van der Waals surface area contributed by atoms with Crippen molar-refractivity contribution in [2.24, 2.45) is 0 Å². The SMILES string of the molecule is CC1CC=Cc2cc3ccccc3c(Br)c21. The highest BCUT2D eigenvalue weighted by Gasteiger charge is 2.17. The van der Waals surface area contributed by atoms with Crippen molar-refractivity contribution in [1.82, 2.24) is 0 Å². The van der Waals surface area contributed by atoms with E-state index in [1.807, 2.05) is 0 Å². The van der Waals surface area contributed by atoms with Crippen LogP contribution < -0.4 is 0 Å². The molecule has 80 valence electrons. The first-order chi connectivity index (χ1) is 7.77. The lowest BCUT2D eigenvalue weighted by Gasteiger charge is -2.21. The Hall–Kier alpha value is -1.08. The summed E-state index contributed by atoms with van der Waals surface area (Å²) in [4.78, 5) is 0. The fourth-order valence-electron chi connectivity index (χ4n) is 2.50. The lowest BCUT2D eigenvalue weighted by molar-refractivity contribution is 0.769. The van der Waals surface area contributed by atoms with E-state index in [2.05, 4.69) is 65.3 Å². The monoisotopic (exact) mass is 272 g/mol. The van der Waals surface area contributed by atoms with Gasteiger partial charge in [-0.05, 0) is 56.2 Å². The molecule has 1 unspecified atom stereocenters. The van der Waals surface area contributed by atoms with Crippen LogP contribution in [0.15, 0.2) is 40.9 Å². The molecule has 0 radical (unpaired) electrons. The van der Waals surface area contributed by atoms with E-state index in [4.69, 9.17) is 0 Å². The molecule has 0 saturated carbocycles. The second-order valence-corrected chi connectivity index (χ2v) is 5.25. The molecule has 0 heterocycles. The Kier molecular flexibility index (Phi) is 2.36. The zero-order valence-corrected chi connectivity index (χ0v) is 10.8. The first-order valence-electron chi connectivity index (χ1n) is 5.65. The summed E-state index contributed by atoms with van der Waals surface area (Å²) in [7, 11) is 0. The van der Waals surface area contributed by atoms with Gasteiger partial charge in [0.25, 0.3) is 0 Å². The van der Waals surface area contributed by atoms with Gasteiger partial charge in [0.05, 0.1) is 0 Å². The molecule has 1 aliphatic carbocycles. The summed E-state index contributed by atoms with van der Waals surface area (Å²) in [5, 5.41) is 2.63. The van der Waals surface area contributed by atoms with Crippen molar-refractivity contribution in [1.29, 1.82) is 0 Å². The Balaban J connectivity index is 2.42. The quantitative estimate of drug-likeness (QED) is 0.624. The van der Waals surface area contributed by atoms with E-state index < -0.39 is 0 Å². The molecule has 0 N–H and O–H groups in total. The zero-order chi connectivity index (χ0) is 11.1. The van der Waals surface area contributed by atoms with E-state index in [0.717, 1.165) is 6.42 Å². The van der Waals surface area contributed by atoms with Crippen LogP contribution in [0.2, 0.25) is 0 Å². The second-order valence-electron chi connectivity index (χ2n) is 4.45. The Morgan fingerprint density at radius 3 is 2.94 bits per heavy atom. The van der Waals surface area contributed by atoms with Crippen molar-refractivity contribution in [3.8, 4) is 0 Å². The number of benzene rings is 2. The van der Waals surface area contributed by atoms with Crippen LogP contribution in [0.4, 0.5) is 0 Å². The summed E-state index contributed by atoms with van der Waals surface area (Å²) >= 11 is 3.77. The maximum Gasteiger partial charge on any atom is 0.0294 e. The van der Waals surface area contributed by atoms with Gasteiger partial charge < -0.3 is 0 Å². The molecular formula is C15H13Br. The first-order valence-corrected chi connectivity index (χ1v) is 6.44. The van der Waals surface area contributed by atoms with Gasteiger partial charge in [0.2, 0.25) is 0 Å². The van der Waals surface area contributed by atoms with Crippen LogP contribution in [0.5, 0.6) is 0 Å². The van der Waals surface area contributed by atoms with E-state index in [0.29, 0.717) is 5.92 Å². The minimum Gasteiger partial charge on any atom is -0.0833 e. The van der Waals surface area contributed by atoms with Crippen molar-refractivity contribution in [2.45, 2.75) is 19.3 Å². The summed E-state index contributed by atoms with van der Waals surface area (Å²) in [5.74, 6) is 0.610. The third kappa shape index (κ3) is 1.42. The minimum atomic E-state index is 0.610. The van der Waals surface area contributed by atoms with Gasteiger partial charge in [0.15, 0.2) is 0 Å². The smallest absolute Gasteiger partial charge is 0.0294 e. The number of fused-ring (bicyclic) bond motifs is 2. The normalized spacial score (nSPS) is 18.8. The molecule has 0 fully saturated rings. The Labute approximate surface area is 104 Å². The number of hydrogen-bond acceptors (Lipinski definition) is 0. The van der Waals surface area contributed by atoms with E-state index in [1.165, 1.54) is 26.4 Å². The van der Waals surface area contributed by atoms with Crippen molar-refractivity contribution in [3.05, 3.63) is 52.0 Å². The molecule has 1 heteroatoms. The maximum atomic E-state index is 3.77. The Morgan fingerprint density at radius 2 is 2.06 bits per heavy atom. The second kappa shape index (κ2) is 3.74. The molecule has 0 aliphatic heterocycles. The molecule has 0 nitrogen and oxygen atoms in total. The standard InChI is InChI=1S/C15H13Br/c1-10-5-4-7-12-9-11-6-2-3-8-13(11)15(16)14(10)12/h2-4,6-10H,5H2,1H3. The van der Waals surface area contributed by atoms with Gasteiger partial charge in [-0.25, -0.2) is 0 Å². The fraction of sp³-hybridized carbons (Fsp3) is 0.200. The predicted octanol–water partition coefficient (Wildman–Crippen LogP) is 5.12. The van der Waals surface area contributed by atoms with Gasteiger partial charge in [-0.15, -0.1) is 0 Å². The molecule has 1 aliphatic rings. The number of allylic oxidation sites excluding steroid dienone is 1. The number of rotatable bonds is 0. The van der Waals surface area contributed by atoms with Crippen LogP contribution in [0.3, 0.4) is 0 Å². The van der Waals surface area contributed by atoms with Crippen LogP contribution in [0.1, 0.15) is 30.4 Å². The average Bonchev–Trinajstić information content (AvgIpc) is 2.29. The zero-order valence-electron chi connectivity index (χ0n) is 9.20. The topological polar surface area (TPSA) is 0 Å². The summed E-state index contributed by atoms with van der Waals surface area (Å²) in [6.45, 7) is 2.29. The largest absolute Gasteiger partial charge is 0.0833 e. The highest BCUT2D eigenvalue weighted by Crippen LogP contribution is 2.39. The molecule has 2 aromatic carbocycles. The van der Waals surface area contributed by atoms with Crippen molar-refractivity contribution in [3.63, 3.8) is 0 Å². The molecule has 2 aromatic rings. The van der Waals surface area contributed by atoms with Crippen LogP contribution in [-0.2, 0) is 0 Å². The summed E-state index contributed by atoms with van der Waals surface area (Å²) in [6.07, 6.45) is 5.66. The predicted molar refractivity (Wildman–Crippen MR) is 73.7 cm³/mol. The van der Waals surface area contributed by atoms with Crippen molar-refractivity contribution < 1.29 is 0 Å². The van der Waals surface area contributed by atoms with Crippen LogP contribution in [-0.4, -0.2) is 0 Å². The van der Waals surface area contributed by atoms with Gasteiger partial charge in [-0.1, -0.05) is 43.3 Å². The molecule has 0 aromatic heterocycles. The summed E-state index contributed by atoms with van der Waals surface area (Å²) < 4.78 is 1.28. The van der Waals surface area contributed by atoms with Gasteiger partial charge in [-0.3, -0.25) is 0 Å². The van der Waals surface area contributed by atoms with Crippen LogP contribution in [0.25, 0.3) is 16.8 Å². The summed E-state index contributed by atoms with van der Waals surface area (Å²) in [6, 6.07) is 10.8. The van der Waals surface area contributed by atoms with Crippen LogP contribution >= 0.6 is 15.9 Å². The van der Waals surface area contributed by atoms with E-state index in [9.17, 15) is 0 Å². The lowest BCUT2D eigenvalue weighted by Crippen LogP contribution is -2.01. The third-order valence-corrected chi connectivity index (χ3v) is 4.19. The highest BCUT2D eigenvalue weighted by atomic mass is 79.9. The lowest BCUT2D eigenvalue weighted by atomic mass is 9.86. The maximum absolute atomic E-state index is 3.77. The molecule has 0 spiro atoms. The van der Waals surface area contributed by atoms with Crippen molar-refractivity contribution in [2.75, 3.05) is 0 Å². The fourth-order valence-corrected chi connectivity index (χ4v) is 3.48. The third-order valence-electron chi connectivity index (χ3n) is 3.34. The molecular weight excluding hydrogens is 260 g/mol. The van der Waals surface area contributed by atoms with Gasteiger partial charge in [-0.2, -0.15) is 0 Å². The van der Waals surface area contributed by atoms with Gasteiger partial charge in [0, 0.05) is 4.47 Å². The van der Waals surface area contributed by atoms with E-state index >= 15 is 0 Å². The van der Waals surface area contributed by atoms with Crippen LogP contribution in [0, 0.1) is 0 Å².